The van der Waals surface area contributed by atoms with Crippen molar-refractivity contribution in [2.24, 2.45) is 11.7 Å². The van der Waals surface area contributed by atoms with Crippen molar-refractivity contribution in [3.63, 3.8) is 0 Å². The lowest BCUT2D eigenvalue weighted by Crippen LogP contribution is -2.50. The Morgan fingerprint density at radius 2 is 1.89 bits per heavy atom. The van der Waals surface area contributed by atoms with Gasteiger partial charge < -0.3 is 15.4 Å². The number of nitrogens with two attached hydrogens (primary N) is 1. The zero-order valence-corrected chi connectivity index (χ0v) is 15.5. The SMILES string of the molecule is NC(=O)[C@@H](c1ccccc1)N1CCN(c2cc(OCC3CC3)ccn2)CC1. The Morgan fingerprint density at radius 1 is 1.15 bits per heavy atom. The largest absolute Gasteiger partial charge is 0.493 e. The van der Waals surface area contributed by atoms with Gasteiger partial charge in [-0.15, -0.1) is 0 Å². The number of hydrogen-bond donors (Lipinski definition) is 1. The van der Waals surface area contributed by atoms with Gasteiger partial charge >= 0.3 is 0 Å². The van der Waals surface area contributed by atoms with Crippen LogP contribution in [0.5, 0.6) is 5.75 Å². The van der Waals surface area contributed by atoms with Crippen molar-refractivity contribution in [2.75, 3.05) is 37.7 Å². The molecule has 6 nitrogen and oxygen atoms in total. The Balaban J connectivity index is 1.39. The molecule has 27 heavy (non-hydrogen) atoms. The molecular formula is C21H26N4O2. The first-order valence-electron chi connectivity index (χ1n) is 9.63. The topological polar surface area (TPSA) is 71.7 Å². The molecule has 1 atom stereocenters. The fourth-order valence-corrected chi connectivity index (χ4v) is 3.56. The van der Waals surface area contributed by atoms with E-state index in [0.717, 1.165) is 55.8 Å². The van der Waals surface area contributed by atoms with Gasteiger partial charge in [0.05, 0.1) is 6.61 Å². The summed E-state index contributed by atoms with van der Waals surface area (Å²) in [5, 5.41) is 0. The summed E-state index contributed by atoms with van der Waals surface area (Å²) in [5.74, 6) is 2.24. The minimum absolute atomic E-state index is 0.303. The third-order valence-electron chi connectivity index (χ3n) is 5.29. The average Bonchev–Trinajstić information content (AvgIpc) is 3.52. The Hall–Kier alpha value is -2.60. The van der Waals surface area contributed by atoms with Crippen LogP contribution in [0.15, 0.2) is 48.7 Å². The molecule has 1 saturated heterocycles. The van der Waals surface area contributed by atoms with Crippen molar-refractivity contribution in [3.8, 4) is 5.75 Å². The van der Waals surface area contributed by atoms with E-state index < -0.39 is 0 Å². The first-order chi connectivity index (χ1) is 13.2. The molecule has 1 aromatic heterocycles. The van der Waals surface area contributed by atoms with Crippen molar-refractivity contribution in [1.29, 1.82) is 0 Å². The highest BCUT2D eigenvalue weighted by Gasteiger charge is 2.29. The molecule has 2 aromatic rings. The fourth-order valence-electron chi connectivity index (χ4n) is 3.56. The van der Waals surface area contributed by atoms with Crippen molar-refractivity contribution in [1.82, 2.24) is 9.88 Å². The molecule has 1 aliphatic heterocycles. The molecule has 1 aromatic carbocycles. The third kappa shape index (κ3) is 4.39. The maximum atomic E-state index is 12.1. The van der Waals surface area contributed by atoms with Crippen LogP contribution < -0.4 is 15.4 Å². The van der Waals surface area contributed by atoms with Gasteiger partial charge in [0.25, 0.3) is 0 Å². The Labute approximate surface area is 159 Å². The normalized spacial score (nSPS) is 18.9. The number of benzene rings is 1. The molecule has 2 heterocycles. The number of carbonyl (C=O) groups excluding carboxylic acids is 1. The van der Waals surface area contributed by atoms with Crippen molar-refractivity contribution < 1.29 is 9.53 Å². The number of amides is 1. The second-order valence-corrected chi connectivity index (χ2v) is 7.34. The summed E-state index contributed by atoms with van der Waals surface area (Å²) in [6, 6.07) is 13.3. The minimum Gasteiger partial charge on any atom is -0.493 e. The Morgan fingerprint density at radius 3 is 2.56 bits per heavy atom. The lowest BCUT2D eigenvalue weighted by molar-refractivity contribution is -0.123. The Kier molecular flexibility index (Phi) is 5.25. The average molecular weight is 366 g/mol. The van der Waals surface area contributed by atoms with E-state index in [4.69, 9.17) is 10.5 Å². The maximum Gasteiger partial charge on any atom is 0.239 e. The second kappa shape index (κ2) is 7.96. The van der Waals surface area contributed by atoms with Gasteiger partial charge in [0.1, 0.15) is 17.6 Å². The number of hydrogen-bond acceptors (Lipinski definition) is 5. The molecule has 0 bridgehead atoms. The van der Waals surface area contributed by atoms with Crippen LogP contribution in [-0.2, 0) is 4.79 Å². The number of aromatic nitrogens is 1. The van der Waals surface area contributed by atoms with Crippen LogP contribution >= 0.6 is 0 Å². The molecule has 1 saturated carbocycles. The molecule has 142 valence electrons. The number of pyridine rings is 1. The quantitative estimate of drug-likeness (QED) is 0.814. The van der Waals surface area contributed by atoms with E-state index in [-0.39, 0.29) is 11.9 Å². The minimum atomic E-state index is -0.380. The predicted octanol–water partition coefficient (Wildman–Crippen LogP) is 2.22. The van der Waals surface area contributed by atoms with E-state index in [0.29, 0.717) is 0 Å². The van der Waals surface area contributed by atoms with Crippen LogP contribution in [0.2, 0.25) is 0 Å². The molecular weight excluding hydrogens is 340 g/mol. The van der Waals surface area contributed by atoms with Gasteiger partial charge in [-0.1, -0.05) is 30.3 Å². The Bertz CT molecular complexity index is 771. The van der Waals surface area contributed by atoms with E-state index in [9.17, 15) is 4.79 Å². The summed E-state index contributed by atoms with van der Waals surface area (Å²) >= 11 is 0. The van der Waals surface area contributed by atoms with Crippen LogP contribution in [0, 0.1) is 5.92 Å². The number of rotatable bonds is 7. The summed E-state index contributed by atoms with van der Waals surface area (Å²) in [5.41, 5.74) is 6.66. The van der Waals surface area contributed by atoms with Gasteiger partial charge in [-0.3, -0.25) is 9.69 Å². The molecule has 0 radical (unpaired) electrons. The van der Waals surface area contributed by atoms with Crippen LogP contribution in [0.3, 0.4) is 0 Å². The van der Waals surface area contributed by atoms with E-state index >= 15 is 0 Å². The van der Waals surface area contributed by atoms with Gasteiger partial charge in [0, 0.05) is 38.4 Å². The summed E-state index contributed by atoms with van der Waals surface area (Å²) in [4.78, 5) is 21.0. The van der Waals surface area contributed by atoms with E-state index in [1.54, 1.807) is 6.20 Å². The lowest BCUT2D eigenvalue weighted by Gasteiger charge is -2.38. The molecule has 0 spiro atoms. The van der Waals surface area contributed by atoms with Gasteiger partial charge in [-0.2, -0.15) is 0 Å². The third-order valence-corrected chi connectivity index (χ3v) is 5.29. The number of primary amides is 1. The molecule has 1 amide bonds. The van der Waals surface area contributed by atoms with Gasteiger partial charge in [-0.25, -0.2) is 4.98 Å². The zero-order chi connectivity index (χ0) is 18.6. The van der Waals surface area contributed by atoms with Crippen molar-refractivity contribution >= 4 is 11.7 Å². The number of anilines is 1. The highest BCUT2D eigenvalue weighted by Crippen LogP contribution is 2.30. The van der Waals surface area contributed by atoms with Gasteiger partial charge in [-0.05, 0) is 30.4 Å². The first-order valence-corrected chi connectivity index (χ1v) is 9.63. The summed E-state index contributed by atoms with van der Waals surface area (Å²) in [6.07, 6.45) is 4.37. The molecule has 4 rings (SSSR count). The van der Waals surface area contributed by atoms with Crippen molar-refractivity contribution in [2.45, 2.75) is 18.9 Å². The van der Waals surface area contributed by atoms with Crippen LogP contribution in [0.25, 0.3) is 0 Å². The monoisotopic (exact) mass is 366 g/mol. The number of piperazine rings is 1. The molecule has 0 unspecified atom stereocenters. The standard InChI is InChI=1S/C21H26N4O2/c22-21(26)20(17-4-2-1-3-5-17)25-12-10-24(11-13-25)19-14-18(8-9-23-19)27-15-16-6-7-16/h1-5,8-9,14,16,20H,6-7,10-13,15H2,(H2,22,26)/t20-/m1/s1. The number of ether oxygens (including phenoxy) is 1. The molecule has 2 aliphatic rings. The molecule has 2 fully saturated rings. The van der Waals surface area contributed by atoms with Gasteiger partial charge in [0.2, 0.25) is 5.91 Å². The van der Waals surface area contributed by atoms with E-state index in [1.807, 2.05) is 42.5 Å². The summed E-state index contributed by atoms with van der Waals surface area (Å²) < 4.78 is 5.87. The summed E-state index contributed by atoms with van der Waals surface area (Å²) in [6.45, 7) is 3.93. The fraction of sp³-hybridized carbons (Fsp3) is 0.429. The number of nitrogens with zero attached hydrogens (tertiary/aromatic N) is 3. The zero-order valence-electron chi connectivity index (χ0n) is 15.5. The van der Waals surface area contributed by atoms with Crippen LogP contribution in [0.1, 0.15) is 24.4 Å². The molecule has 1 aliphatic carbocycles. The van der Waals surface area contributed by atoms with Gasteiger partial charge in [0.15, 0.2) is 0 Å². The lowest BCUT2D eigenvalue weighted by atomic mass is 10.0. The highest BCUT2D eigenvalue weighted by molar-refractivity contribution is 5.81. The predicted molar refractivity (Wildman–Crippen MR) is 105 cm³/mol. The highest BCUT2D eigenvalue weighted by atomic mass is 16.5. The first kappa shape index (κ1) is 17.8. The number of carbonyl (C=O) groups is 1. The van der Waals surface area contributed by atoms with E-state index in [1.165, 1.54) is 12.8 Å². The van der Waals surface area contributed by atoms with E-state index in [2.05, 4.69) is 14.8 Å². The molecule has 2 N–H and O–H groups in total. The smallest absolute Gasteiger partial charge is 0.239 e. The van der Waals surface area contributed by atoms with Crippen LogP contribution in [-0.4, -0.2) is 48.6 Å². The van der Waals surface area contributed by atoms with Crippen molar-refractivity contribution in [3.05, 3.63) is 54.2 Å². The molecule has 6 heteroatoms. The maximum absolute atomic E-state index is 12.1. The second-order valence-electron chi connectivity index (χ2n) is 7.34. The van der Waals surface area contributed by atoms with Crippen LogP contribution in [0.4, 0.5) is 5.82 Å². The summed E-state index contributed by atoms with van der Waals surface area (Å²) in [7, 11) is 0.